The first-order chi connectivity index (χ1) is 7.63. The van der Waals surface area contributed by atoms with Gasteiger partial charge in [-0.05, 0) is 24.6 Å². The summed E-state index contributed by atoms with van der Waals surface area (Å²) in [6, 6.07) is 4.89. The fraction of sp³-hybridized carbons (Fsp3) is 0.273. The summed E-state index contributed by atoms with van der Waals surface area (Å²) in [7, 11) is 0. The van der Waals surface area contributed by atoms with Gasteiger partial charge in [0.1, 0.15) is 0 Å². The van der Waals surface area contributed by atoms with Gasteiger partial charge in [0.25, 0.3) is 0 Å². The zero-order valence-electron chi connectivity index (χ0n) is 8.59. The molecule has 16 heavy (non-hydrogen) atoms. The predicted octanol–water partition coefficient (Wildman–Crippen LogP) is 3.13. The maximum absolute atomic E-state index is 11.5. The maximum atomic E-state index is 11.5. The van der Waals surface area contributed by atoms with Gasteiger partial charge in [-0.3, -0.25) is 0 Å². The summed E-state index contributed by atoms with van der Waals surface area (Å²) in [6.07, 6.45) is 0. The van der Waals surface area contributed by atoms with Gasteiger partial charge < -0.3 is 4.74 Å². The average Bonchev–Trinajstić information content (AvgIpc) is 2.29. The Kier molecular flexibility index (Phi) is 4.60. The average molecular weight is 258 g/mol. The third-order valence-electron chi connectivity index (χ3n) is 1.92. The second-order valence-electron chi connectivity index (χ2n) is 2.96. The van der Waals surface area contributed by atoms with Crippen molar-refractivity contribution in [2.24, 2.45) is 0 Å². The zero-order chi connectivity index (χ0) is 12.1. The van der Waals surface area contributed by atoms with Gasteiger partial charge in [0.05, 0.1) is 28.8 Å². The van der Waals surface area contributed by atoms with Crippen LogP contribution in [0.25, 0.3) is 0 Å². The second kappa shape index (κ2) is 5.74. The van der Waals surface area contributed by atoms with Crippen molar-refractivity contribution in [3.05, 3.63) is 33.8 Å². The number of hydrogen-bond acceptors (Lipinski definition) is 3. The van der Waals surface area contributed by atoms with E-state index in [1.165, 1.54) is 6.07 Å². The number of rotatable bonds is 3. The lowest BCUT2D eigenvalue weighted by Gasteiger charge is -2.07. The molecule has 3 nitrogen and oxygen atoms in total. The molecule has 0 amide bonds. The molecule has 0 radical (unpaired) electrons. The minimum absolute atomic E-state index is 0.140. The number of nitriles is 1. The molecular formula is C11H9Cl2NO2. The molecule has 0 heterocycles. The van der Waals surface area contributed by atoms with E-state index in [1.807, 2.05) is 6.07 Å². The third kappa shape index (κ3) is 2.66. The lowest BCUT2D eigenvalue weighted by molar-refractivity contribution is 0.0526. The van der Waals surface area contributed by atoms with Crippen molar-refractivity contribution in [1.29, 1.82) is 5.26 Å². The van der Waals surface area contributed by atoms with E-state index in [-0.39, 0.29) is 23.1 Å². The Morgan fingerprint density at radius 1 is 1.56 bits per heavy atom. The molecule has 0 spiro atoms. The van der Waals surface area contributed by atoms with Crippen LogP contribution in [0.15, 0.2) is 12.1 Å². The van der Waals surface area contributed by atoms with Gasteiger partial charge >= 0.3 is 5.97 Å². The topological polar surface area (TPSA) is 50.1 Å². The minimum Gasteiger partial charge on any atom is -0.462 e. The number of carbonyl (C=O) groups is 1. The lowest BCUT2D eigenvalue weighted by Crippen LogP contribution is -2.07. The van der Waals surface area contributed by atoms with Crippen molar-refractivity contribution in [3.8, 4) is 6.07 Å². The first-order valence-corrected chi connectivity index (χ1v) is 5.50. The van der Waals surface area contributed by atoms with Gasteiger partial charge in [-0.1, -0.05) is 11.6 Å². The van der Waals surface area contributed by atoms with Crippen LogP contribution in [-0.2, 0) is 10.6 Å². The van der Waals surface area contributed by atoms with E-state index in [1.54, 1.807) is 13.0 Å². The maximum Gasteiger partial charge on any atom is 0.339 e. The Bertz CT molecular complexity index is 452. The molecule has 0 aliphatic rings. The molecule has 5 heteroatoms. The molecule has 0 atom stereocenters. The Labute approximate surface area is 104 Å². The van der Waals surface area contributed by atoms with E-state index in [0.29, 0.717) is 11.1 Å². The van der Waals surface area contributed by atoms with E-state index in [2.05, 4.69) is 0 Å². The van der Waals surface area contributed by atoms with Crippen LogP contribution < -0.4 is 0 Å². The number of esters is 1. The molecule has 1 aromatic carbocycles. The van der Waals surface area contributed by atoms with Crippen LogP contribution in [0.2, 0.25) is 5.02 Å². The zero-order valence-corrected chi connectivity index (χ0v) is 10.1. The van der Waals surface area contributed by atoms with Crippen LogP contribution in [0, 0.1) is 11.3 Å². The summed E-state index contributed by atoms with van der Waals surface area (Å²) in [4.78, 5) is 11.5. The molecular weight excluding hydrogens is 249 g/mol. The molecule has 0 aromatic heterocycles. The number of benzene rings is 1. The summed E-state index contributed by atoms with van der Waals surface area (Å²) < 4.78 is 4.83. The molecule has 1 rings (SSSR count). The molecule has 1 aromatic rings. The predicted molar refractivity (Wildman–Crippen MR) is 61.7 cm³/mol. The van der Waals surface area contributed by atoms with Crippen LogP contribution in [0.3, 0.4) is 0 Å². The smallest absolute Gasteiger partial charge is 0.339 e. The van der Waals surface area contributed by atoms with Gasteiger partial charge in [0.15, 0.2) is 0 Å². The first kappa shape index (κ1) is 12.8. The molecule has 0 unspecified atom stereocenters. The van der Waals surface area contributed by atoms with Gasteiger partial charge in [-0.25, -0.2) is 4.79 Å². The number of carbonyl (C=O) groups excluding carboxylic acids is 1. The largest absolute Gasteiger partial charge is 0.462 e. The summed E-state index contributed by atoms with van der Waals surface area (Å²) >= 11 is 11.6. The quantitative estimate of drug-likeness (QED) is 0.618. The highest BCUT2D eigenvalue weighted by Crippen LogP contribution is 2.25. The van der Waals surface area contributed by atoms with Crippen LogP contribution in [0.1, 0.15) is 28.4 Å². The molecule has 0 fully saturated rings. The number of halogens is 2. The highest BCUT2D eigenvalue weighted by Gasteiger charge is 2.16. The van der Waals surface area contributed by atoms with Crippen molar-refractivity contribution >= 4 is 29.2 Å². The van der Waals surface area contributed by atoms with Crippen molar-refractivity contribution in [2.45, 2.75) is 12.8 Å². The number of alkyl halides is 1. The minimum atomic E-state index is -0.545. The van der Waals surface area contributed by atoms with Crippen LogP contribution >= 0.6 is 23.2 Å². The Balaban J connectivity index is 3.27. The van der Waals surface area contributed by atoms with Gasteiger partial charge in [-0.15, -0.1) is 11.6 Å². The monoisotopic (exact) mass is 257 g/mol. The van der Waals surface area contributed by atoms with Crippen molar-refractivity contribution in [1.82, 2.24) is 0 Å². The molecule has 0 bridgehead atoms. The van der Waals surface area contributed by atoms with E-state index in [0.717, 1.165) is 0 Å². The molecule has 0 saturated carbocycles. The summed E-state index contributed by atoms with van der Waals surface area (Å²) in [5, 5.41) is 9.04. The van der Waals surface area contributed by atoms with Gasteiger partial charge in [0, 0.05) is 5.88 Å². The van der Waals surface area contributed by atoms with E-state index in [9.17, 15) is 4.79 Å². The first-order valence-electron chi connectivity index (χ1n) is 4.59. The van der Waals surface area contributed by atoms with Crippen LogP contribution in [0.4, 0.5) is 0 Å². The fourth-order valence-electron chi connectivity index (χ4n) is 1.20. The highest BCUT2D eigenvalue weighted by atomic mass is 35.5. The standard InChI is InChI=1S/C11H9Cl2NO2/c1-2-16-11(15)9-4-7(6-14)3-8(5-12)10(9)13/h3-4H,2,5H2,1H3. The molecule has 0 aliphatic heterocycles. The number of ether oxygens (including phenoxy) is 1. The van der Waals surface area contributed by atoms with Crippen molar-refractivity contribution in [2.75, 3.05) is 6.61 Å². The third-order valence-corrected chi connectivity index (χ3v) is 2.65. The fourth-order valence-corrected chi connectivity index (χ4v) is 1.74. The Morgan fingerprint density at radius 2 is 2.25 bits per heavy atom. The summed E-state index contributed by atoms with van der Waals surface area (Å²) in [5.74, 6) is -0.406. The lowest BCUT2D eigenvalue weighted by atomic mass is 10.1. The summed E-state index contributed by atoms with van der Waals surface area (Å²) in [6.45, 7) is 1.95. The second-order valence-corrected chi connectivity index (χ2v) is 3.61. The van der Waals surface area contributed by atoms with E-state index in [4.69, 9.17) is 33.2 Å². The van der Waals surface area contributed by atoms with Crippen LogP contribution in [0.5, 0.6) is 0 Å². The number of nitrogens with zero attached hydrogens (tertiary/aromatic N) is 1. The van der Waals surface area contributed by atoms with Crippen molar-refractivity contribution in [3.63, 3.8) is 0 Å². The van der Waals surface area contributed by atoms with E-state index >= 15 is 0 Å². The molecule has 0 aliphatic carbocycles. The normalized spacial score (nSPS) is 9.62. The van der Waals surface area contributed by atoms with Crippen LogP contribution in [-0.4, -0.2) is 12.6 Å². The molecule has 84 valence electrons. The highest BCUT2D eigenvalue weighted by molar-refractivity contribution is 6.35. The van der Waals surface area contributed by atoms with Gasteiger partial charge in [0.2, 0.25) is 0 Å². The SMILES string of the molecule is CCOC(=O)c1cc(C#N)cc(CCl)c1Cl. The Hall–Kier alpha value is -1.24. The van der Waals surface area contributed by atoms with Crippen molar-refractivity contribution < 1.29 is 9.53 Å². The molecule has 0 saturated heterocycles. The Morgan fingerprint density at radius 3 is 2.75 bits per heavy atom. The molecule has 0 N–H and O–H groups in total. The summed E-state index contributed by atoms with van der Waals surface area (Å²) in [5.41, 5.74) is 1.06. The van der Waals surface area contributed by atoms with Gasteiger partial charge in [-0.2, -0.15) is 5.26 Å². The van der Waals surface area contributed by atoms with E-state index < -0.39 is 5.97 Å². The number of hydrogen-bond donors (Lipinski definition) is 0.